The highest BCUT2D eigenvalue weighted by atomic mass is 16.5. The van der Waals surface area contributed by atoms with E-state index in [2.05, 4.69) is 20.1 Å². The molecule has 7 heteroatoms. The summed E-state index contributed by atoms with van der Waals surface area (Å²) in [4.78, 5) is 24.9. The van der Waals surface area contributed by atoms with Gasteiger partial charge in [0.05, 0.1) is 36.1 Å². The standard InChI is InChI=1S/C17H17N5O2/c1-4-24-17(23)14-7-16(15-10-19-12(3)8-20-15)22(21-14)13-6-5-11(2)18-9-13/h5-10H,4H2,1-3H3. The van der Waals surface area contributed by atoms with E-state index in [4.69, 9.17) is 4.74 Å². The van der Waals surface area contributed by atoms with Gasteiger partial charge in [-0.3, -0.25) is 15.0 Å². The van der Waals surface area contributed by atoms with Crippen LogP contribution >= 0.6 is 0 Å². The van der Waals surface area contributed by atoms with Crippen LogP contribution in [0.3, 0.4) is 0 Å². The number of carbonyl (C=O) groups is 1. The fraction of sp³-hybridized carbons (Fsp3) is 0.235. The number of pyridine rings is 1. The Morgan fingerprint density at radius 2 is 1.88 bits per heavy atom. The molecule has 0 aliphatic heterocycles. The first-order chi connectivity index (χ1) is 11.6. The van der Waals surface area contributed by atoms with Gasteiger partial charge in [-0.15, -0.1) is 0 Å². The molecule has 0 spiro atoms. The van der Waals surface area contributed by atoms with E-state index in [0.717, 1.165) is 17.1 Å². The molecule has 0 N–H and O–H groups in total. The van der Waals surface area contributed by atoms with Crippen molar-refractivity contribution < 1.29 is 9.53 Å². The van der Waals surface area contributed by atoms with Crippen LogP contribution in [0.25, 0.3) is 17.1 Å². The predicted molar refractivity (Wildman–Crippen MR) is 87.8 cm³/mol. The fourth-order valence-corrected chi connectivity index (χ4v) is 2.18. The van der Waals surface area contributed by atoms with E-state index in [1.165, 1.54) is 0 Å². The van der Waals surface area contributed by atoms with Crippen LogP contribution in [0.2, 0.25) is 0 Å². The zero-order chi connectivity index (χ0) is 17.1. The van der Waals surface area contributed by atoms with Crippen LogP contribution in [0.4, 0.5) is 0 Å². The molecule has 0 saturated carbocycles. The first-order valence-electron chi connectivity index (χ1n) is 7.57. The molecule has 0 fully saturated rings. The Hall–Kier alpha value is -3.09. The van der Waals surface area contributed by atoms with Crippen LogP contribution in [-0.4, -0.2) is 37.3 Å². The second kappa shape index (κ2) is 6.57. The molecule has 0 bridgehead atoms. The van der Waals surface area contributed by atoms with Gasteiger partial charge in [0.25, 0.3) is 0 Å². The normalized spacial score (nSPS) is 10.6. The lowest BCUT2D eigenvalue weighted by Gasteiger charge is -2.06. The van der Waals surface area contributed by atoms with Crippen molar-refractivity contribution in [3.63, 3.8) is 0 Å². The van der Waals surface area contributed by atoms with Gasteiger partial charge in [0, 0.05) is 18.0 Å². The Bertz CT molecular complexity index is 791. The summed E-state index contributed by atoms with van der Waals surface area (Å²) in [6, 6.07) is 5.41. The van der Waals surface area contributed by atoms with Crippen LogP contribution in [0.15, 0.2) is 36.8 Å². The van der Waals surface area contributed by atoms with Gasteiger partial charge in [0.15, 0.2) is 5.69 Å². The summed E-state index contributed by atoms with van der Waals surface area (Å²) in [6.07, 6.45) is 5.02. The molecule has 3 rings (SSSR count). The highest BCUT2D eigenvalue weighted by Crippen LogP contribution is 2.22. The van der Waals surface area contributed by atoms with Crippen molar-refractivity contribution in [3.8, 4) is 17.1 Å². The second-order valence-electron chi connectivity index (χ2n) is 5.25. The highest BCUT2D eigenvalue weighted by Gasteiger charge is 2.18. The maximum atomic E-state index is 12.0. The zero-order valence-electron chi connectivity index (χ0n) is 13.7. The summed E-state index contributed by atoms with van der Waals surface area (Å²) in [5, 5.41) is 4.36. The minimum atomic E-state index is -0.474. The van der Waals surface area contributed by atoms with E-state index in [0.29, 0.717) is 11.4 Å². The predicted octanol–water partition coefficient (Wildman–Crippen LogP) is 2.52. The van der Waals surface area contributed by atoms with E-state index < -0.39 is 5.97 Å². The van der Waals surface area contributed by atoms with Gasteiger partial charge >= 0.3 is 5.97 Å². The maximum Gasteiger partial charge on any atom is 0.358 e. The summed E-state index contributed by atoms with van der Waals surface area (Å²) < 4.78 is 6.66. The van der Waals surface area contributed by atoms with Gasteiger partial charge in [-0.2, -0.15) is 5.10 Å². The number of hydrogen-bond acceptors (Lipinski definition) is 6. The maximum absolute atomic E-state index is 12.0. The van der Waals surface area contributed by atoms with E-state index >= 15 is 0 Å². The van der Waals surface area contributed by atoms with Gasteiger partial charge in [-0.25, -0.2) is 9.48 Å². The highest BCUT2D eigenvalue weighted by molar-refractivity contribution is 5.88. The van der Waals surface area contributed by atoms with Gasteiger partial charge in [-0.05, 0) is 32.9 Å². The fourth-order valence-electron chi connectivity index (χ4n) is 2.18. The average Bonchev–Trinajstić information content (AvgIpc) is 3.02. The van der Waals surface area contributed by atoms with Crippen LogP contribution in [0.1, 0.15) is 28.8 Å². The summed E-state index contributed by atoms with van der Waals surface area (Å²) in [5.74, 6) is -0.474. The molecule has 3 aromatic heterocycles. The summed E-state index contributed by atoms with van der Waals surface area (Å²) >= 11 is 0. The molecule has 0 aromatic carbocycles. The zero-order valence-corrected chi connectivity index (χ0v) is 13.7. The molecular formula is C17H17N5O2. The Kier molecular flexibility index (Phi) is 4.33. The Labute approximate surface area is 139 Å². The first-order valence-corrected chi connectivity index (χ1v) is 7.57. The molecule has 0 saturated heterocycles. The molecule has 122 valence electrons. The Morgan fingerprint density at radius 3 is 2.50 bits per heavy atom. The monoisotopic (exact) mass is 323 g/mol. The van der Waals surface area contributed by atoms with E-state index in [-0.39, 0.29) is 12.3 Å². The molecule has 3 aromatic rings. The molecule has 0 atom stereocenters. The SMILES string of the molecule is CCOC(=O)c1cc(-c2cnc(C)cn2)n(-c2ccc(C)nc2)n1. The number of aryl methyl sites for hydroxylation is 2. The number of aromatic nitrogens is 5. The molecule has 0 radical (unpaired) electrons. The Balaban J connectivity index is 2.12. The quantitative estimate of drug-likeness (QED) is 0.686. The molecule has 0 aliphatic rings. The van der Waals surface area contributed by atoms with Crippen LogP contribution in [0, 0.1) is 13.8 Å². The van der Waals surface area contributed by atoms with Gasteiger partial charge < -0.3 is 4.74 Å². The lowest BCUT2D eigenvalue weighted by molar-refractivity contribution is 0.0519. The molecule has 24 heavy (non-hydrogen) atoms. The average molecular weight is 323 g/mol. The number of ether oxygens (including phenoxy) is 1. The van der Waals surface area contributed by atoms with Crippen molar-refractivity contribution in [1.29, 1.82) is 0 Å². The summed E-state index contributed by atoms with van der Waals surface area (Å²) in [7, 11) is 0. The second-order valence-corrected chi connectivity index (χ2v) is 5.25. The van der Waals surface area contributed by atoms with Crippen LogP contribution < -0.4 is 0 Å². The van der Waals surface area contributed by atoms with Crippen LogP contribution in [-0.2, 0) is 4.74 Å². The van der Waals surface area contributed by atoms with Crippen LogP contribution in [0.5, 0.6) is 0 Å². The lowest BCUT2D eigenvalue weighted by atomic mass is 10.2. The minimum absolute atomic E-state index is 0.217. The third-order valence-electron chi connectivity index (χ3n) is 3.38. The Morgan fingerprint density at radius 1 is 1.08 bits per heavy atom. The van der Waals surface area contributed by atoms with E-state index in [1.807, 2.05) is 26.0 Å². The third kappa shape index (κ3) is 3.15. The van der Waals surface area contributed by atoms with Crippen molar-refractivity contribution in [3.05, 3.63) is 53.9 Å². The van der Waals surface area contributed by atoms with Crippen molar-refractivity contribution in [2.45, 2.75) is 20.8 Å². The van der Waals surface area contributed by atoms with Gasteiger partial charge in [0.1, 0.15) is 5.69 Å². The topological polar surface area (TPSA) is 82.8 Å². The van der Waals surface area contributed by atoms with Gasteiger partial charge in [-0.1, -0.05) is 0 Å². The molecule has 3 heterocycles. The van der Waals surface area contributed by atoms with Crippen molar-refractivity contribution in [2.75, 3.05) is 6.61 Å². The smallest absolute Gasteiger partial charge is 0.358 e. The van der Waals surface area contributed by atoms with Crippen molar-refractivity contribution in [1.82, 2.24) is 24.7 Å². The number of esters is 1. The molecule has 0 aliphatic carbocycles. The number of hydrogen-bond donors (Lipinski definition) is 0. The van der Waals surface area contributed by atoms with E-state index in [1.54, 1.807) is 36.3 Å². The minimum Gasteiger partial charge on any atom is -0.461 e. The number of nitrogens with zero attached hydrogens (tertiary/aromatic N) is 5. The molecule has 0 amide bonds. The lowest BCUT2D eigenvalue weighted by Crippen LogP contribution is -2.07. The number of carbonyl (C=O) groups excluding carboxylic acids is 1. The van der Waals surface area contributed by atoms with E-state index in [9.17, 15) is 4.79 Å². The number of rotatable bonds is 4. The van der Waals surface area contributed by atoms with Gasteiger partial charge in [0.2, 0.25) is 0 Å². The summed E-state index contributed by atoms with van der Waals surface area (Å²) in [6.45, 7) is 5.81. The molecule has 7 nitrogen and oxygen atoms in total. The third-order valence-corrected chi connectivity index (χ3v) is 3.38. The molecular weight excluding hydrogens is 306 g/mol. The van der Waals surface area contributed by atoms with Crippen molar-refractivity contribution in [2.24, 2.45) is 0 Å². The van der Waals surface area contributed by atoms with Crippen molar-refractivity contribution >= 4 is 5.97 Å². The molecule has 0 unspecified atom stereocenters. The first kappa shape index (κ1) is 15.8. The summed E-state index contributed by atoms with van der Waals surface area (Å²) in [5.41, 5.74) is 3.92. The largest absolute Gasteiger partial charge is 0.461 e.